The summed E-state index contributed by atoms with van der Waals surface area (Å²) in [5, 5.41) is 4.12. The maximum absolute atomic E-state index is 13.6. The van der Waals surface area contributed by atoms with Crippen molar-refractivity contribution in [3.63, 3.8) is 0 Å². The van der Waals surface area contributed by atoms with Crippen molar-refractivity contribution in [3.8, 4) is 23.1 Å². The number of carbonyl (C=O) groups excluding carboxylic acids is 1. The van der Waals surface area contributed by atoms with Crippen molar-refractivity contribution in [3.05, 3.63) is 66.0 Å². The minimum atomic E-state index is -0.277. The van der Waals surface area contributed by atoms with Gasteiger partial charge in [0.15, 0.2) is 23.1 Å². The molecular formula is C21H19N5O4. The van der Waals surface area contributed by atoms with Crippen molar-refractivity contribution in [2.75, 3.05) is 21.3 Å². The van der Waals surface area contributed by atoms with E-state index in [1.165, 1.54) is 38.7 Å². The van der Waals surface area contributed by atoms with Crippen LogP contribution in [0.5, 0.6) is 17.2 Å². The van der Waals surface area contributed by atoms with Gasteiger partial charge in [-0.1, -0.05) is 6.08 Å². The van der Waals surface area contributed by atoms with E-state index in [2.05, 4.69) is 20.1 Å². The number of pyridine rings is 1. The molecule has 4 rings (SSSR count). The van der Waals surface area contributed by atoms with Gasteiger partial charge in [0.2, 0.25) is 5.75 Å². The molecule has 1 aliphatic rings. The van der Waals surface area contributed by atoms with Crippen molar-refractivity contribution in [1.29, 1.82) is 0 Å². The van der Waals surface area contributed by atoms with Crippen molar-refractivity contribution in [1.82, 2.24) is 19.7 Å². The lowest BCUT2D eigenvalue weighted by Crippen LogP contribution is -2.13. The van der Waals surface area contributed by atoms with Crippen molar-refractivity contribution >= 4 is 11.5 Å². The molecule has 0 spiro atoms. The zero-order valence-corrected chi connectivity index (χ0v) is 16.7. The van der Waals surface area contributed by atoms with Crippen LogP contribution in [-0.4, -0.2) is 52.6 Å². The highest BCUT2D eigenvalue weighted by molar-refractivity contribution is 6.13. The fourth-order valence-electron chi connectivity index (χ4n) is 3.20. The van der Waals surface area contributed by atoms with Crippen LogP contribution in [0.3, 0.4) is 0 Å². The quantitative estimate of drug-likeness (QED) is 0.557. The van der Waals surface area contributed by atoms with E-state index >= 15 is 0 Å². The molecule has 30 heavy (non-hydrogen) atoms. The summed E-state index contributed by atoms with van der Waals surface area (Å²) in [6.45, 7) is 0. The maximum Gasteiger partial charge on any atom is 0.203 e. The molecule has 3 aromatic rings. The van der Waals surface area contributed by atoms with E-state index in [1.807, 2.05) is 6.08 Å². The van der Waals surface area contributed by atoms with Crippen molar-refractivity contribution in [2.45, 2.75) is 6.42 Å². The summed E-state index contributed by atoms with van der Waals surface area (Å²) >= 11 is 0. The molecule has 0 atom stereocenters. The number of aromatic nitrogens is 4. The first kappa shape index (κ1) is 19.3. The first-order valence-electron chi connectivity index (χ1n) is 9.08. The van der Waals surface area contributed by atoms with Gasteiger partial charge in [0.05, 0.1) is 32.6 Å². The van der Waals surface area contributed by atoms with Crippen molar-refractivity contribution in [2.24, 2.45) is 4.99 Å². The van der Waals surface area contributed by atoms with Crippen LogP contribution in [0.2, 0.25) is 0 Å². The Morgan fingerprint density at radius 3 is 2.40 bits per heavy atom. The maximum atomic E-state index is 13.6. The Morgan fingerprint density at radius 2 is 1.83 bits per heavy atom. The Labute approximate surface area is 172 Å². The summed E-state index contributed by atoms with van der Waals surface area (Å²) in [7, 11) is 4.51. The molecule has 1 aliphatic heterocycles. The normalized spacial score (nSPS) is 12.6. The third-order valence-corrected chi connectivity index (χ3v) is 4.65. The number of hydrogen-bond donors (Lipinski definition) is 0. The minimum Gasteiger partial charge on any atom is -0.493 e. The summed E-state index contributed by atoms with van der Waals surface area (Å²) in [5.41, 5.74) is 2.31. The van der Waals surface area contributed by atoms with E-state index in [4.69, 9.17) is 14.2 Å². The molecule has 0 aliphatic carbocycles. The number of ketones is 1. The summed E-state index contributed by atoms with van der Waals surface area (Å²) in [5.74, 6) is 1.26. The van der Waals surface area contributed by atoms with Gasteiger partial charge in [-0.25, -0.2) is 14.6 Å². The highest BCUT2D eigenvalue weighted by Gasteiger charge is 2.23. The first-order valence-corrected chi connectivity index (χ1v) is 9.08. The number of methoxy groups -OCH3 is 3. The molecule has 0 unspecified atom stereocenters. The topological polar surface area (TPSA) is 101 Å². The van der Waals surface area contributed by atoms with Crippen LogP contribution >= 0.6 is 0 Å². The smallest absolute Gasteiger partial charge is 0.203 e. The molecule has 1 aromatic carbocycles. The lowest BCUT2D eigenvalue weighted by atomic mass is 9.99. The first-order chi connectivity index (χ1) is 14.7. The largest absolute Gasteiger partial charge is 0.493 e. The Morgan fingerprint density at radius 1 is 1.07 bits per heavy atom. The number of benzene rings is 1. The molecule has 0 radical (unpaired) electrons. The van der Waals surface area contributed by atoms with E-state index in [0.29, 0.717) is 40.6 Å². The van der Waals surface area contributed by atoms with Gasteiger partial charge in [0, 0.05) is 29.9 Å². The molecule has 0 bridgehead atoms. The van der Waals surface area contributed by atoms with E-state index < -0.39 is 0 Å². The Balaban J connectivity index is 1.86. The van der Waals surface area contributed by atoms with Crippen LogP contribution in [0.4, 0.5) is 0 Å². The highest BCUT2D eigenvalue weighted by Crippen LogP contribution is 2.39. The number of ether oxygens (including phenoxy) is 3. The summed E-state index contributed by atoms with van der Waals surface area (Å²) < 4.78 is 17.6. The summed E-state index contributed by atoms with van der Waals surface area (Å²) in [6, 6.07) is 4.98. The molecule has 0 N–H and O–H groups in total. The van der Waals surface area contributed by atoms with Gasteiger partial charge in [-0.15, -0.1) is 0 Å². The van der Waals surface area contributed by atoms with Crippen LogP contribution in [0.25, 0.3) is 5.82 Å². The van der Waals surface area contributed by atoms with Gasteiger partial charge in [0.1, 0.15) is 12.7 Å². The second-order valence-corrected chi connectivity index (χ2v) is 6.34. The van der Waals surface area contributed by atoms with E-state index in [-0.39, 0.29) is 5.78 Å². The lowest BCUT2D eigenvalue weighted by Gasteiger charge is -2.15. The monoisotopic (exact) mass is 405 g/mol. The average Bonchev–Trinajstić information content (AvgIpc) is 3.51. The number of allylic oxidation sites excluding steroid dienone is 1. The van der Waals surface area contributed by atoms with E-state index in [1.54, 1.807) is 30.6 Å². The molecule has 0 amide bonds. The van der Waals surface area contributed by atoms with Crippen LogP contribution < -0.4 is 14.2 Å². The highest BCUT2D eigenvalue weighted by atomic mass is 16.5. The third-order valence-electron chi connectivity index (χ3n) is 4.65. The molecule has 3 heterocycles. The van der Waals surface area contributed by atoms with Crippen molar-refractivity contribution < 1.29 is 19.0 Å². The van der Waals surface area contributed by atoms with Gasteiger partial charge >= 0.3 is 0 Å². The van der Waals surface area contributed by atoms with Gasteiger partial charge in [-0.3, -0.25) is 9.79 Å². The number of rotatable bonds is 7. The molecule has 0 saturated carbocycles. The second kappa shape index (κ2) is 8.16. The number of nitrogens with zero attached hydrogens (tertiary/aromatic N) is 5. The van der Waals surface area contributed by atoms with Gasteiger partial charge in [0.25, 0.3) is 0 Å². The zero-order chi connectivity index (χ0) is 21.1. The lowest BCUT2D eigenvalue weighted by molar-refractivity contribution is 0.103. The van der Waals surface area contributed by atoms with Crippen LogP contribution in [0.15, 0.2) is 54.3 Å². The SMILES string of the molecule is COc1cc(C(=O)c2cc(C3=NC=CC3)cnc2-n2cncn2)cc(OC)c1OC. The fraction of sp³-hybridized carbons (Fsp3) is 0.190. The summed E-state index contributed by atoms with van der Waals surface area (Å²) in [6.07, 6.45) is 8.91. The van der Waals surface area contributed by atoms with Gasteiger partial charge < -0.3 is 14.2 Å². The van der Waals surface area contributed by atoms with Crippen LogP contribution in [-0.2, 0) is 0 Å². The predicted molar refractivity (Wildman–Crippen MR) is 109 cm³/mol. The standard InChI is InChI=1S/C21H19N5O4/c1-28-17-8-13(9-18(29-2)20(17)30-3)19(27)15-7-14(16-5-4-6-23-16)10-24-21(15)26-12-22-11-25-26/h4,6-12H,5H2,1-3H3. The molecule has 0 fully saturated rings. The van der Waals surface area contributed by atoms with E-state index in [9.17, 15) is 4.79 Å². The molecule has 9 nitrogen and oxygen atoms in total. The molecule has 0 saturated heterocycles. The number of hydrogen-bond acceptors (Lipinski definition) is 8. The molecular weight excluding hydrogens is 386 g/mol. The second-order valence-electron chi connectivity index (χ2n) is 6.34. The predicted octanol–water partition coefficient (Wildman–Crippen LogP) is 2.63. The Hall–Kier alpha value is -4.01. The third kappa shape index (κ3) is 3.41. The molecule has 2 aromatic heterocycles. The fourth-order valence-corrected chi connectivity index (χ4v) is 3.20. The molecule has 152 valence electrons. The van der Waals surface area contributed by atoms with Crippen LogP contribution in [0, 0.1) is 0 Å². The number of carbonyl (C=O) groups is 1. The average molecular weight is 405 g/mol. The minimum absolute atomic E-state index is 0.277. The van der Waals surface area contributed by atoms with Gasteiger partial charge in [-0.2, -0.15) is 5.10 Å². The zero-order valence-electron chi connectivity index (χ0n) is 16.7. The Kier molecular flexibility index (Phi) is 5.25. The Bertz CT molecular complexity index is 1130. The van der Waals surface area contributed by atoms with Crippen LogP contribution in [0.1, 0.15) is 27.9 Å². The summed E-state index contributed by atoms with van der Waals surface area (Å²) in [4.78, 5) is 26.3. The van der Waals surface area contributed by atoms with Gasteiger partial charge in [-0.05, 0) is 18.2 Å². The number of aliphatic imine (C=N–C) groups is 1. The van der Waals surface area contributed by atoms with E-state index in [0.717, 1.165) is 11.3 Å². The molecule has 9 heteroatoms.